The fourth-order valence-corrected chi connectivity index (χ4v) is 1.74. The predicted octanol–water partition coefficient (Wildman–Crippen LogP) is 3.19. The molecule has 2 aromatic carbocycles. The van der Waals surface area contributed by atoms with Crippen LogP contribution in [0.4, 0.5) is 20.2 Å². The standard InChI is InChI=1S/C13H10F2N2O3/c14-9-5-11(15)13(12(6-9)17(19)20)16-7-8-2-1-3-10(18)4-8/h1-6,16,18H,7H2. The molecular weight excluding hydrogens is 270 g/mol. The summed E-state index contributed by atoms with van der Waals surface area (Å²) in [5.74, 6) is -2.03. The minimum atomic E-state index is -1.04. The van der Waals surface area contributed by atoms with Crippen molar-refractivity contribution in [2.24, 2.45) is 0 Å². The van der Waals surface area contributed by atoms with E-state index in [0.717, 1.165) is 0 Å². The first kappa shape index (κ1) is 13.7. The molecule has 0 radical (unpaired) electrons. The summed E-state index contributed by atoms with van der Waals surface area (Å²) >= 11 is 0. The lowest BCUT2D eigenvalue weighted by Gasteiger charge is -2.08. The van der Waals surface area contributed by atoms with Crippen LogP contribution in [0.3, 0.4) is 0 Å². The largest absolute Gasteiger partial charge is 0.508 e. The molecule has 0 amide bonds. The molecule has 0 saturated heterocycles. The third kappa shape index (κ3) is 3.00. The first-order valence-corrected chi connectivity index (χ1v) is 5.62. The van der Waals surface area contributed by atoms with Crippen molar-refractivity contribution in [3.8, 4) is 5.75 Å². The maximum Gasteiger partial charge on any atom is 0.298 e. The van der Waals surface area contributed by atoms with E-state index in [2.05, 4.69) is 5.32 Å². The van der Waals surface area contributed by atoms with E-state index in [9.17, 15) is 24.0 Å². The number of nitrogens with one attached hydrogen (secondary N) is 1. The minimum Gasteiger partial charge on any atom is -0.508 e. The van der Waals surface area contributed by atoms with Gasteiger partial charge in [-0.15, -0.1) is 0 Å². The van der Waals surface area contributed by atoms with Crippen LogP contribution in [0, 0.1) is 21.7 Å². The van der Waals surface area contributed by atoms with Crippen LogP contribution in [0.1, 0.15) is 5.56 Å². The summed E-state index contributed by atoms with van der Waals surface area (Å²) in [5.41, 5.74) is -0.467. The third-order valence-corrected chi connectivity index (χ3v) is 2.61. The van der Waals surface area contributed by atoms with E-state index in [1.165, 1.54) is 12.1 Å². The summed E-state index contributed by atoms with van der Waals surface area (Å²) in [4.78, 5) is 9.92. The second kappa shape index (κ2) is 5.52. The molecule has 0 bridgehead atoms. The molecule has 5 nitrogen and oxygen atoms in total. The highest BCUT2D eigenvalue weighted by atomic mass is 19.1. The lowest BCUT2D eigenvalue weighted by molar-refractivity contribution is -0.384. The average molecular weight is 280 g/mol. The number of anilines is 1. The van der Waals surface area contributed by atoms with Gasteiger partial charge in [0.05, 0.1) is 11.0 Å². The molecule has 104 valence electrons. The van der Waals surface area contributed by atoms with Crippen molar-refractivity contribution >= 4 is 11.4 Å². The molecule has 2 N–H and O–H groups in total. The zero-order valence-corrected chi connectivity index (χ0v) is 10.1. The van der Waals surface area contributed by atoms with Gasteiger partial charge in [0, 0.05) is 12.6 Å². The van der Waals surface area contributed by atoms with Crippen LogP contribution in [0.15, 0.2) is 36.4 Å². The van der Waals surface area contributed by atoms with E-state index < -0.39 is 22.2 Å². The van der Waals surface area contributed by atoms with Gasteiger partial charge >= 0.3 is 0 Å². The van der Waals surface area contributed by atoms with Crippen LogP contribution >= 0.6 is 0 Å². The molecule has 0 aliphatic carbocycles. The molecule has 2 rings (SSSR count). The van der Waals surface area contributed by atoms with E-state index in [-0.39, 0.29) is 18.0 Å². The molecule has 0 heterocycles. The number of rotatable bonds is 4. The SMILES string of the molecule is O=[N+]([O-])c1cc(F)cc(F)c1NCc1cccc(O)c1. The Morgan fingerprint density at radius 1 is 1.25 bits per heavy atom. The predicted molar refractivity (Wildman–Crippen MR) is 68.4 cm³/mol. The quantitative estimate of drug-likeness (QED) is 0.666. The number of aromatic hydroxyl groups is 1. The van der Waals surface area contributed by atoms with Crippen LogP contribution < -0.4 is 5.32 Å². The van der Waals surface area contributed by atoms with Gasteiger partial charge < -0.3 is 10.4 Å². The molecule has 2 aromatic rings. The number of halogens is 2. The maximum atomic E-state index is 13.6. The molecule has 0 unspecified atom stereocenters. The molecular formula is C13H10F2N2O3. The van der Waals surface area contributed by atoms with Crippen molar-refractivity contribution in [1.29, 1.82) is 0 Å². The van der Waals surface area contributed by atoms with Gasteiger partial charge in [0.15, 0.2) is 5.82 Å². The molecule has 0 spiro atoms. The van der Waals surface area contributed by atoms with Gasteiger partial charge in [-0.3, -0.25) is 10.1 Å². The zero-order valence-electron chi connectivity index (χ0n) is 10.1. The third-order valence-electron chi connectivity index (χ3n) is 2.61. The van der Waals surface area contributed by atoms with Gasteiger partial charge in [-0.2, -0.15) is 0 Å². The summed E-state index contributed by atoms with van der Waals surface area (Å²) < 4.78 is 26.6. The van der Waals surface area contributed by atoms with Crippen molar-refractivity contribution in [3.05, 3.63) is 63.7 Å². The maximum absolute atomic E-state index is 13.6. The van der Waals surface area contributed by atoms with E-state index in [1.807, 2.05) is 0 Å². The van der Waals surface area contributed by atoms with Gasteiger partial charge in [-0.1, -0.05) is 12.1 Å². The smallest absolute Gasteiger partial charge is 0.298 e. The number of phenolic OH excluding ortho intramolecular Hbond substituents is 1. The number of nitrogens with zero attached hydrogens (tertiary/aromatic N) is 1. The summed E-state index contributed by atoms with van der Waals surface area (Å²) in [6.07, 6.45) is 0. The number of nitro benzene ring substituents is 1. The molecule has 20 heavy (non-hydrogen) atoms. The molecule has 0 aliphatic heterocycles. The molecule has 0 aliphatic rings. The Morgan fingerprint density at radius 2 is 2.00 bits per heavy atom. The number of phenols is 1. The Labute approximate surface area is 112 Å². The highest BCUT2D eigenvalue weighted by Gasteiger charge is 2.20. The molecule has 0 aromatic heterocycles. The van der Waals surface area contributed by atoms with E-state index in [0.29, 0.717) is 17.7 Å². The number of hydrogen-bond donors (Lipinski definition) is 2. The van der Waals surface area contributed by atoms with Crippen molar-refractivity contribution < 1.29 is 18.8 Å². The van der Waals surface area contributed by atoms with Gasteiger partial charge in [0.1, 0.15) is 17.3 Å². The molecule has 7 heteroatoms. The van der Waals surface area contributed by atoms with Gasteiger partial charge in [-0.05, 0) is 17.7 Å². The Balaban J connectivity index is 2.27. The van der Waals surface area contributed by atoms with E-state index >= 15 is 0 Å². The second-order valence-electron chi connectivity index (χ2n) is 4.06. The monoisotopic (exact) mass is 280 g/mol. The van der Waals surface area contributed by atoms with Gasteiger partial charge in [0.2, 0.25) is 0 Å². The topological polar surface area (TPSA) is 75.4 Å². The second-order valence-corrected chi connectivity index (χ2v) is 4.06. The molecule has 0 atom stereocenters. The summed E-state index contributed by atoms with van der Waals surface area (Å²) in [5, 5.41) is 22.6. The summed E-state index contributed by atoms with van der Waals surface area (Å²) in [6.45, 7) is 0.0534. The fraction of sp³-hybridized carbons (Fsp3) is 0.0769. The van der Waals surface area contributed by atoms with E-state index in [1.54, 1.807) is 12.1 Å². The summed E-state index contributed by atoms with van der Waals surface area (Å²) in [7, 11) is 0. The van der Waals surface area contributed by atoms with Crippen molar-refractivity contribution in [2.45, 2.75) is 6.54 Å². The van der Waals surface area contributed by atoms with Crippen molar-refractivity contribution in [1.82, 2.24) is 0 Å². The normalized spacial score (nSPS) is 10.3. The minimum absolute atomic E-state index is 0.0263. The van der Waals surface area contributed by atoms with E-state index in [4.69, 9.17) is 0 Å². The molecule has 0 fully saturated rings. The van der Waals surface area contributed by atoms with Crippen molar-refractivity contribution in [3.63, 3.8) is 0 Å². The first-order chi connectivity index (χ1) is 9.47. The van der Waals surface area contributed by atoms with Crippen LogP contribution in [0.25, 0.3) is 0 Å². The lowest BCUT2D eigenvalue weighted by atomic mass is 10.2. The first-order valence-electron chi connectivity index (χ1n) is 5.62. The lowest BCUT2D eigenvalue weighted by Crippen LogP contribution is -2.05. The number of nitro groups is 1. The van der Waals surface area contributed by atoms with Crippen molar-refractivity contribution in [2.75, 3.05) is 5.32 Å². The van der Waals surface area contributed by atoms with Gasteiger partial charge in [-0.25, -0.2) is 8.78 Å². The Morgan fingerprint density at radius 3 is 2.65 bits per heavy atom. The van der Waals surface area contributed by atoms with Crippen LogP contribution in [-0.2, 0) is 6.54 Å². The van der Waals surface area contributed by atoms with Crippen LogP contribution in [-0.4, -0.2) is 10.0 Å². The van der Waals surface area contributed by atoms with Crippen LogP contribution in [0.5, 0.6) is 5.75 Å². The Bertz CT molecular complexity index is 662. The number of benzene rings is 2. The Hall–Kier alpha value is -2.70. The Kier molecular flexibility index (Phi) is 3.79. The summed E-state index contributed by atoms with van der Waals surface area (Å²) in [6, 6.07) is 7.35. The highest BCUT2D eigenvalue weighted by Crippen LogP contribution is 2.29. The highest BCUT2D eigenvalue weighted by molar-refractivity contribution is 5.62. The van der Waals surface area contributed by atoms with Crippen LogP contribution in [0.2, 0.25) is 0 Å². The zero-order chi connectivity index (χ0) is 14.7. The average Bonchev–Trinajstić information content (AvgIpc) is 2.36. The fourth-order valence-electron chi connectivity index (χ4n) is 1.74. The van der Waals surface area contributed by atoms with Gasteiger partial charge in [0.25, 0.3) is 5.69 Å². The number of hydrogen-bond acceptors (Lipinski definition) is 4. The molecule has 0 saturated carbocycles.